The predicted octanol–water partition coefficient (Wildman–Crippen LogP) is 1.25. The highest BCUT2D eigenvalue weighted by Crippen LogP contribution is 2.41. The van der Waals surface area contributed by atoms with Gasteiger partial charge in [0.25, 0.3) is 5.91 Å². The number of benzene rings is 1. The maximum absolute atomic E-state index is 12.1. The van der Waals surface area contributed by atoms with Gasteiger partial charge >= 0.3 is 5.97 Å². The van der Waals surface area contributed by atoms with E-state index in [-0.39, 0.29) is 31.8 Å². The number of esters is 1. The fourth-order valence-corrected chi connectivity index (χ4v) is 2.23. The van der Waals surface area contributed by atoms with Crippen molar-refractivity contribution >= 4 is 17.6 Å². The highest BCUT2D eigenvalue weighted by molar-refractivity contribution is 6.02. The standard InChI is InChI=1S/C16H21NO6/c1-4-10(2)23-15(20)7-17-12-5-11(8-18)6-13(21-3)16(12)22-9-14(17)19/h5-6,10,18H,4,7-9H2,1-3H3. The number of hydrogen-bond donors (Lipinski definition) is 1. The van der Waals surface area contributed by atoms with Gasteiger partial charge in [-0.2, -0.15) is 0 Å². The fourth-order valence-electron chi connectivity index (χ4n) is 2.23. The topological polar surface area (TPSA) is 85.3 Å². The average molecular weight is 323 g/mol. The van der Waals surface area contributed by atoms with Crippen LogP contribution in [0.5, 0.6) is 11.5 Å². The summed E-state index contributed by atoms with van der Waals surface area (Å²) in [7, 11) is 1.47. The fraction of sp³-hybridized carbons (Fsp3) is 0.500. The lowest BCUT2D eigenvalue weighted by molar-refractivity contribution is -0.147. The summed E-state index contributed by atoms with van der Waals surface area (Å²) in [5.41, 5.74) is 0.949. The van der Waals surface area contributed by atoms with Crippen molar-refractivity contribution in [2.75, 3.05) is 25.2 Å². The van der Waals surface area contributed by atoms with Crippen LogP contribution in [0.25, 0.3) is 0 Å². The Morgan fingerprint density at radius 3 is 2.83 bits per heavy atom. The van der Waals surface area contributed by atoms with Crippen molar-refractivity contribution < 1.29 is 28.9 Å². The summed E-state index contributed by atoms with van der Waals surface area (Å²) in [6, 6.07) is 3.23. The number of anilines is 1. The van der Waals surface area contributed by atoms with Crippen molar-refractivity contribution in [2.24, 2.45) is 0 Å². The van der Waals surface area contributed by atoms with Crippen LogP contribution < -0.4 is 14.4 Å². The van der Waals surface area contributed by atoms with Gasteiger partial charge in [0.1, 0.15) is 6.54 Å². The molecule has 1 aliphatic rings. The smallest absolute Gasteiger partial charge is 0.326 e. The van der Waals surface area contributed by atoms with E-state index in [0.717, 1.165) is 0 Å². The summed E-state index contributed by atoms with van der Waals surface area (Å²) < 4.78 is 15.9. The normalized spacial score (nSPS) is 14.8. The minimum absolute atomic E-state index is 0.182. The van der Waals surface area contributed by atoms with Crippen LogP contribution in [0.3, 0.4) is 0 Å². The number of hydrogen-bond acceptors (Lipinski definition) is 6. The Kier molecular flexibility index (Phi) is 5.44. The van der Waals surface area contributed by atoms with E-state index in [0.29, 0.717) is 29.2 Å². The van der Waals surface area contributed by atoms with Gasteiger partial charge in [-0.15, -0.1) is 0 Å². The van der Waals surface area contributed by atoms with Crippen molar-refractivity contribution in [1.82, 2.24) is 0 Å². The number of carbonyl (C=O) groups is 2. The van der Waals surface area contributed by atoms with E-state index in [4.69, 9.17) is 14.2 Å². The lowest BCUT2D eigenvalue weighted by Crippen LogP contribution is -2.43. The summed E-state index contributed by atoms with van der Waals surface area (Å²) in [4.78, 5) is 25.4. The molecule has 0 radical (unpaired) electrons. The molecule has 1 atom stereocenters. The van der Waals surface area contributed by atoms with Crippen LogP contribution in [-0.2, 0) is 20.9 Å². The second-order valence-corrected chi connectivity index (χ2v) is 5.28. The Morgan fingerprint density at radius 1 is 1.48 bits per heavy atom. The number of aliphatic hydroxyl groups excluding tert-OH is 1. The molecule has 2 rings (SSSR count). The van der Waals surface area contributed by atoms with E-state index >= 15 is 0 Å². The number of rotatable bonds is 6. The van der Waals surface area contributed by atoms with E-state index in [1.165, 1.54) is 12.0 Å². The maximum atomic E-state index is 12.1. The molecule has 1 aromatic carbocycles. The minimum Gasteiger partial charge on any atom is -0.493 e. The first-order valence-corrected chi connectivity index (χ1v) is 7.44. The van der Waals surface area contributed by atoms with Crippen molar-refractivity contribution in [3.8, 4) is 11.5 Å². The molecule has 0 saturated carbocycles. The summed E-state index contributed by atoms with van der Waals surface area (Å²) in [6.07, 6.45) is 0.485. The molecule has 1 aliphatic heterocycles. The third kappa shape index (κ3) is 3.73. The van der Waals surface area contributed by atoms with Gasteiger partial charge in [0.2, 0.25) is 0 Å². The predicted molar refractivity (Wildman–Crippen MR) is 82.6 cm³/mol. The Labute approximate surface area is 134 Å². The summed E-state index contributed by atoms with van der Waals surface area (Å²) in [5, 5.41) is 9.35. The van der Waals surface area contributed by atoms with E-state index in [9.17, 15) is 14.7 Å². The van der Waals surface area contributed by atoms with Gasteiger partial charge in [0, 0.05) is 0 Å². The molecule has 0 saturated heterocycles. The molecular weight excluding hydrogens is 302 g/mol. The molecule has 0 bridgehead atoms. The first-order valence-electron chi connectivity index (χ1n) is 7.44. The van der Waals surface area contributed by atoms with Crippen LogP contribution in [-0.4, -0.2) is 43.3 Å². The van der Waals surface area contributed by atoms with Crippen molar-refractivity contribution in [1.29, 1.82) is 0 Å². The van der Waals surface area contributed by atoms with E-state index in [2.05, 4.69) is 0 Å². The second kappa shape index (κ2) is 7.32. The van der Waals surface area contributed by atoms with Gasteiger partial charge < -0.3 is 19.3 Å². The van der Waals surface area contributed by atoms with Crippen LogP contribution in [0.4, 0.5) is 5.69 Å². The molecule has 1 heterocycles. The molecule has 126 valence electrons. The maximum Gasteiger partial charge on any atom is 0.326 e. The Hall–Kier alpha value is -2.28. The number of nitrogens with zero attached hydrogens (tertiary/aromatic N) is 1. The highest BCUT2D eigenvalue weighted by Gasteiger charge is 2.31. The van der Waals surface area contributed by atoms with Crippen molar-refractivity contribution in [3.63, 3.8) is 0 Å². The number of ether oxygens (including phenoxy) is 3. The molecular formula is C16H21NO6. The van der Waals surface area contributed by atoms with E-state index < -0.39 is 5.97 Å². The summed E-state index contributed by atoms with van der Waals surface area (Å²) >= 11 is 0. The zero-order valence-electron chi connectivity index (χ0n) is 13.5. The molecule has 0 aliphatic carbocycles. The molecule has 1 N–H and O–H groups in total. The minimum atomic E-state index is -0.492. The first kappa shape index (κ1) is 17.1. The van der Waals surface area contributed by atoms with Crippen LogP contribution in [0.2, 0.25) is 0 Å². The van der Waals surface area contributed by atoms with Gasteiger partial charge in [0.15, 0.2) is 18.1 Å². The van der Waals surface area contributed by atoms with Crippen LogP contribution in [0, 0.1) is 0 Å². The number of amides is 1. The lowest BCUT2D eigenvalue weighted by atomic mass is 10.1. The van der Waals surface area contributed by atoms with Gasteiger partial charge in [0.05, 0.1) is 25.5 Å². The molecule has 7 heteroatoms. The lowest BCUT2D eigenvalue weighted by Gasteiger charge is -2.30. The zero-order valence-corrected chi connectivity index (χ0v) is 13.5. The van der Waals surface area contributed by atoms with Gasteiger partial charge in [-0.1, -0.05) is 6.92 Å². The molecule has 0 fully saturated rings. The van der Waals surface area contributed by atoms with Crippen LogP contribution in [0.15, 0.2) is 12.1 Å². The number of aliphatic hydroxyl groups is 1. The van der Waals surface area contributed by atoms with Crippen molar-refractivity contribution in [2.45, 2.75) is 33.0 Å². The molecule has 0 spiro atoms. The second-order valence-electron chi connectivity index (χ2n) is 5.28. The van der Waals surface area contributed by atoms with Gasteiger partial charge in [-0.3, -0.25) is 14.5 Å². The zero-order chi connectivity index (χ0) is 17.0. The Morgan fingerprint density at radius 2 is 2.22 bits per heavy atom. The molecule has 1 unspecified atom stereocenters. The molecule has 23 heavy (non-hydrogen) atoms. The van der Waals surface area contributed by atoms with Crippen LogP contribution >= 0.6 is 0 Å². The monoisotopic (exact) mass is 323 g/mol. The van der Waals surface area contributed by atoms with Gasteiger partial charge in [-0.05, 0) is 31.0 Å². The van der Waals surface area contributed by atoms with Crippen molar-refractivity contribution in [3.05, 3.63) is 17.7 Å². The average Bonchev–Trinajstić information content (AvgIpc) is 2.56. The number of fused-ring (bicyclic) bond motifs is 1. The number of methoxy groups -OCH3 is 1. The summed E-state index contributed by atoms with van der Waals surface area (Å²) in [6.45, 7) is 3.09. The number of carbonyl (C=O) groups excluding carboxylic acids is 2. The highest BCUT2D eigenvalue weighted by atomic mass is 16.5. The van der Waals surface area contributed by atoms with Gasteiger partial charge in [-0.25, -0.2) is 0 Å². The largest absolute Gasteiger partial charge is 0.493 e. The Balaban J connectivity index is 2.31. The van der Waals surface area contributed by atoms with E-state index in [1.54, 1.807) is 19.1 Å². The quantitative estimate of drug-likeness (QED) is 0.793. The third-order valence-corrected chi connectivity index (χ3v) is 3.62. The molecule has 7 nitrogen and oxygen atoms in total. The molecule has 1 aromatic rings. The molecule has 1 amide bonds. The third-order valence-electron chi connectivity index (χ3n) is 3.62. The first-order chi connectivity index (χ1) is 11.0. The summed E-state index contributed by atoms with van der Waals surface area (Å²) in [5.74, 6) is -0.0651. The van der Waals surface area contributed by atoms with E-state index in [1.807, 2.05) is 6.92 Å². The van der Waals surface area contributed by atoms with Crippen LogP contribution in [0.1, 0.15) is 25.8 Å². The SMILES string of the molecule is CCC(C)OC(=O)CN1C(=O)COc2c(OC)cc(CO)cc21. The molecule has 0 aromatic heterocycles. The Bertz CT molecular complexity index is 600.